The molecular weight excluding hydrogens is 431 g/mol. The molecule has 1 N–H and O–H groups in total. The minimum Gasteiger partial charge on any atom is -0.271 e. The predicted octanol–water partition coefficient (Wildman–Crippen LogP) is 3.77. The number of amides is 1. The number of fused-ring (bicyclic) bond motifs is 1. The Hall–Kier alpha value is -3.40. The van der Waals surface area contributed by atoms with Gasteiger partial charge in [0.05, 0.1) is 23.7 Å². The molecule has 0 aliphatic rings. The van der Waals surface area contributed by atoms with Gasteiger partial charge in [0.25, 0.3) is 5.91 Å². The summed E-state index contributed by atoms with van der Waals surface area (Å²) >= 11 is 0. The van der Waals surface area contributed by atoms with E-state index in [2.05, 4.69) is 10.5 Å². The van der Waals surface area contributed by atoms with Gasteiger partial charge in [-0.05, 0) is 29.0 Å². The van der Waals surface area contributed by atoms with Gasteiger partial charge in [-0.2, -0.15) is 18.3 Å². The topological polar surface area (TPSA) is 78.8 Å². The van der Waals surface area contributed by atoms with E-state index in [1.54, 1.807) is 6.07 Å². The Morgan fingerprint density at radius 3 is 2.45 bits per heavy atom. The summed E-state index contributed by atoms with van der Waals surface area (Å²) in [5.74, 6) is -0.806. The Balaban J connectivity index is 1.77. The fourth-order valence-electron chi connectivity index (χ4n) is 2.94. The molecule has 0 bridgehead atoms. The highest BCUT2D eigenvalue weighted by atomic mass is 32.2. The molecule has 1 amide bonds. The van der Waals surface area contributed by atoms with E-state index < -0.39 is 34.2 Å². The lowest BCUT2D eigenvalue weighted by atomic mass is 10.1. The molecule has 0 saturated carbocycles. The van der Waals surface area contributed by atoms with Crippen LogP contribution in [0.25, 0.3) is 10.8 Å². The number of sulfonamides is 1. The molecule has 0 heterocycles. The average Bonchev–Trinajstić information content (AvgIpc) is 2.71. The Labute approximate surface area is 177 Å². The summed E-state index contributed by atoms with van der Waals surface area (Å²) in [7, 11) is -4.03. The number of halogens is 3. The molecule has 0 radical (unpaired) electrons. The highest BCUT2D eigenvalue weighted by Gasteiger charge is 2.32. The van der Waals surface area contributed by atoms with E-state index >= 15 is 0 Å². The molecule has 0 aliphatic heterocycles. The van der Waals surface area contributed by atoms with E-state index in [0.29, 0.717) is 10.4 Å². The Bertz CT molecular complexity index is 1240. The lowest BCUT2D eigenvalue weighted by Gasteiger charge is -2.22. The summed E-state index contributed by atoms with van der Waals surface area (Å²) in [5.41, 5.74) is 1.65. The number of rotatable bonds is 6. The van der Waals surface area contributed by atoms with Crippen LogP contribution in [0.3, 0.4) is 0 Å². The number of alkyl halides is 3. The molecule has 0 spiro atoms. The molecule has 0 aliphatic carbocycles. The third-order valence-electron chi connectivity index (χ3n) is 4.37. The number of anilines is 1. The molecule has 10 heteroatoms. The number of nitrogens with zero attached hydrogens (tertiary/aromatic N) is 2. The van der Waals surface area contributed by atoms with Gasteiger partial charge < -0.3 is 0 Å². The average molecular weight is 449 g/mol. The van der Waals surface area contributed by atoms with Crippen molar-refractivity contribution in [2.45, 2.75) is 6.18 Å². The number of benzene rings is 3. The molecule has 0 atom stereocenters. The van der Waals surface area contributed by atoms with Crippen molar-refractivity contribution < 1.29 is 26.4 Å². The fraction of sp³-hybridized carbons (Fsp3) is 0.143. The van der Waals surface area contributed by atoms with Crippen LogP contribution < -0.4 is 9.73 Å². The second-order valence-corrected chi connectivity index (χ2v) is 8.59. The summed E-state index contributed by atoms with van der Waals surface area (Å²) in [6.07, 6.45) is -2.43. The van der Waals surface area contributed by atoms with Crippen molar-refractivity contribution in [2.75, 3.05) is 17.1 Å². The highest BCUT2D eigenvalue weighted by Crippen LogP contribution is 2.32. The van der Waals surface area contributed by atoms with E-state index in [4.69, 9.17) is 0 Å². The quantitative estimate of drug-likeness (QED) is 0.460. The maximum absolute atomic E-state index is 13.0. The first kappa shape index (κ1) is 22.3. The zero-order chi connectivity index (χ0) is 22.6. The number of hydrazone groups is 1. The molecule has 31 heavy (non-hydrogen) atoms. The van der Waals surface area contributed by atoms with Gasteiger partial charge in [0.2, 0.25) is 10.0 Å². The lowest BCUT2D eigenvalue weighted by molar-refractivity contribution is -0.137. The first-order valence-corrected chi connectivity index (χ1v) is 10.9. The summed E-state index contributed by atoms with van der Waals surface area (Å²) in [6, 6.07) is 16.8. The zero-order valence-corrected chi connectivity index (χ0v) is 17.1. The summed E-state index contributed by atoms with van der Waals surface area (Å²) < 4.78 is 63.7. The van der Waals surface area contributed by atoms with Crippen LogP contribution in [0.15, 0.2) is 71.8 Å². The first-order valence-electron chi connectivity index (χ1n) is 9.00. The Kier molecular flexibility index (Phi) is 6.30. The largest absolute Gasteiger partial charge is 0.416 e. The van der Waals surface area contributed by atoms with Crippen LogP contribution in [0.5, 0.6) is 0 Å². The second kappa shape index (κ2) is 8.76. The van der Waals surface area contributed by atoms with Gasteiger partial charge in [0, 0.05) is 5.56 Å². The molecule has 0 aromatic heterocycles. The summed E-state index contributed by atoms with van der Waals surface area (Å²) in [6.45, 7) is -0.729. The lowest BCUT2D eigenvalue weighted by Crippen LogP contribution is -2.39. The van der Waals surface area contributed by atoms with Gasteiger partial charge in [-0.1, -0.05) is 48.5 Å². The zero-order valence-electron chi connectivity index (χ0n) is 16.3. The number of carbonyl (C=O) groups excluding carboxylic acids is 1. The maximum atomic E-state index is 13.0. The van der Waals surface area contributed by atoms with E-state index in [1.807, 2.05) is 36.4 Å². The minimum absolute atomic E-state index is 0.273. The van der Waals surface area contributed by atoms with Crippen molar-refractivity contribution in [3.05, 3.63) is 77.9 Å². The molecular formula is C21H18F3N3O3S. The predicted molar refractivity (Wildman–Crippen MR) is 113 cm³/mol. The smallest absolute Gasteiger partial charge is 0.271 e. The van der Waals surface area contributed by atoms with E-state index in [1.165, 1.54) is 12.3 Å². The van der Waals surface area contributed by atoms with Crippen molar-refractivity contribution in [1.29, 1.82) is 0 Å². The van der Waals surface area contributed by atoms with Crippen molar-refractivity contribution >= 4 is 38.6 Å². The second-order valence-electron chi connectivity index (χ2n) is 6.68. The van der Waals surface area contributed by atoms with Crippen LogP contribution in [0, 0.1) is 0 Å². The number of hydrogen-bond acceptors (Lipinski definition) is 4. The summed E-state index contributed by atoms with van der Waals surface area (Å²) in [5, 5.41) is 5.74. The van der Waals surface area contributed by atoms with Crippen molar-refractivity contribution in [3.63, 3.8) is 0 Å². The summed E-state index contributed by atoms with van der Waals surface area (Å²) in [4.78, 5) is 12.3. The molecule has 3 rings (SSSR count). The molecule has 3 aromatic rings. The van der Waals surface area contributed by atoms with Crippen LogP contribution >= 0.6 is 0 Å². The van der Waals surface area contributed by atoms with Gasteiger partial charge in [0.15, 0.2) is 0 Å². The van der Waals surface area contributed by atoms with E-state index in [9.17, 15) is 26.4 Å². The third-order valence-corrected chi connectivity index (χ3v) is 5.51. The van der Waals surface area contributed by atoms with Crippen molar-refractivity contribution in [2.24, 2.45) is 5.10 Å². The van der Waals surface area contributed by atoms with Crippen molar-refractivity contribution in [3.8, 4) is 0 Å². The van der Waals surface area contributed by atoms with Crippen LogP contribution in [0.4, 0.5) is 18.9 Å². The molecule has 0 saturated heterocycles. The van der Waals surface area contributed by atoms with Gasteiger partial charge in [0.1, 0.15) is 6.54 Å². The molecule has 0 unspecified atom stereocenters. The van der Waals surface area contributed by atoms with E-state index in [0.717, 1.165) is 34.7 Å². The first-order chi connectivity index (χ1) is 14.6. The number of carbonyl (C=O) groups is 1. The maximum Gasteiger partial charge on any atom is 0.416 e. The third kappa shape index (κ3) is 5.60. The standard InChI is InChI=1S/C21H18F3N3O3S/c1-31(29,30)27(18-10-5-9-17(12-18)21(22,23)24)14-20(28)26-25-13-16-8-4-7-15-6-2-3-11-19(15)16/h2-13H,14H2,1H3,(H,26,28)/b25-13-. The molecule has 0 fully saturated rings. The van der Waals surface area contributed by atoms with Gasteiger partial charge >= 0.3 is 6.18 Å². The Morgan fingerprint density at radius 1 is 1.06 bits per heavy atom. The number of hydrogen-bond donors (Lipinski definition) is 1. The van der Waals surface area contributed by atoms with Crippen LogP contribution in [0.1, 0.15) is 11.1 Å². The molecule has 162 valence electrons. The van der Waals surface area contributed by atoms with Crippen LogP contribution in [-0.4, -0.2) is 33.3 Å². The fourth-order valence-corrected chi connectivity index (χ4v) is 3.79. The normalized spacial score (nSPS) is 12.3. The van der Waals surface area contributed by atoms with E-state index in [-0.39, 0.29) is 5.69 Å². The van der Waals surface area contributed by atoms with Gasteiger partial charge in [-0.3, -0.25) is 9.10 Å². The van der Waals surface area contributed by atoms with Crippen molar-refractivity contribution in [1.82, 2.24) is 5.43 Å². The minimum atomic E-state index is -4.65. The Morgan fingerprint density at radius 2 is 1.74 bits per heavy atom. The highest BCUT2D eigenvalue weighted by molar-refractivity contribution is 7.92. The van der Waals surface area contributed by atoms with Crippen LogP contribution in [-0.2, 0) is 21.0 Å². The molecule has 6 nitrogen and oxygen atoms in total. The SMILES string of the molecule is CS(=O)(=O)N(CC(=O)N/N=C\c1cccc2ccccc12)c1cccc(C(F)(F)F)c1. The van der Waals surface area contributed by atoms with Gasteiger partial charge in [-0.15, -0.1) is 0 Å². The number of nitrogens with one attached hydrogen (secondary N) is 1. The molecule has 3 aromatic carbocycles. The van der Waals surface area contributed by atoms with Gasteiger partial charge in [-0.25, -0.2) is 13.8 Å². The monoisotopic (exact) mass is 449 g/mol. The van der Waals surface area contributed by atoms with Crippen LogP contribution in [0.2, 0.25) is 0 Å².